The molecule has 3 N–H and O–H groups in total. The Morgan fingerprint density at radius 2 is 1.81 bits per heavy atom. The van der Waals surface area contributed by atoms with Crippen LogP contribution in [0.3, 0.4) is 0 Å². The Hall–Kier alpha value is -2.95. The summed E-state index contributed by atoms with van der Waals surface area (Å²) in [6.07, 6.45) is -3.81. The van der Waals surface area contributed by atoms with E-state index in [9.17, 15) is 18.0 Å². The second kappa shape index (κ2) is 12.2. The summed E-state index contributed by atoms with van der Waals surface area (Å²) in [5.41, 5.74) is 1.68. The van der Waals surface area contributed by atoms with E-state index >= 15 is 0 Å². The Balaban J connectivity index is 0.000000451. The zero-order valence-electron chi connectivity index (χ0n) is 18.0. The van der Waals surface area contributed by atoms with Gasteiger partial charge in [0.1, 0.15) is 0 Å². The van der Waals surface area contributed by atoms with Crippen LogP contribution in [0.15, 0.2) is 53.9 Å². The topological polar surface area (TPSA) is 69.3 Å². The molecule has 0 unspecified atom stereocenters. The Labute approximate surface area is 189 Å². The minimum atomic E-state index is -4.39. The molecular formula is C22H26F3N5OS. The number of nitrogens with zero attached hydrogens (tertiary/aromatic N) is 2. The van der Waals surface area contributed by atoms with Crippen molar-refractivity contribution in [3.63, 3.8) is 0 Å². The Morgan fingerprint density at radius 3 is 2.44 bits per heavy atom. The average molecular weight is 466 g/mol. The maximum atomic E-state index is 12.8. The zero-order valence-corrected chi connectivity index (χ0v) is 18.8. The van der Waals surface area contributed by atoms with Gasteiger partial charge in [-0.05, 0) is 51.5 Å². The van der Waals surface area contributed by atoms with E-state index in [1.807, 2.05) is 13.1 Å². The number of thiazole rings is 1. The zero-order chi connectivity index (χ0) is 23.6. The van der Waals surface area contributed by atoms with Crippen molar-refractivity contribution in [1.82, 2.24) is 15.2 Å². The van der Waals surface area contributed by atoms with Gasteiger partial charge in [0.15, 0.2) is 5.13 Å². The first-order valence-corrected chi connectivity index (χ1v) is 10.6. The van der Waals surface area contributed by atoms with E-state index in [1.54, 1.807) is 29.6 Å². The number of amides is 1. The molecule has 0 saturated heterocycles. The van der Waals surface area contributed by atoms with Crippen molar-refractivity contribution in [2.24, 2.45) is 0 Å². The van der Waals surface area contributed by atoms with Crippen LogP contribution in [0.4, 0.5) is 29.7 Å². The number of halogens is 3. The molecule has 3 aromatic rings. The third-order valence-corrected chi connectivity index (χ3v) is 4.90. The largest absolute Gasteiger partial charge is 0.416 e. The number of rotatable bonds is 8. The first-order valence-electron chi connectivity index (χ1n) is 9.72. The van der Waals surface area contributed by atoms with Gasteiger partial charge in [-0.1, -0.05) is 18.2 Å². The van der Waals surface area contributed by atoms with Crippen LogP contribution in [-0.2, 0) is 11.0 Å². The van der Waals surface area contributed by atoms with Gasteiger partial charge in [-0.3, -0.25) is 4.79 Å². The monoisotopic (exact) mass is 465 g/mol. The fraction of sp³-hybridized carbons (Fsp3) is 0.273. The van der Waals surface area contributed by atoms with Gasteiger partial charge in [0, 0.05) is 35.4 Å². The fourth-order valence-corrected chi connectivity index (χ4v) is 3.27. The maximum absolute atomic E-state index is 12.8. The molecule has 0 bridgehead atoms. The molecule has 32 heavy (non-hydrogen) atoms. The highest BCUT2D eigenvalue weighted by molar-refractivity contribution is 7.14. The van der Waals surface area contributed by atoms with Gasteiger partial charge < -0.3 is 20.9 Å². The predicted molar refractivity (Wildman–Crippen MR) is 124 cm³/mol. The maximum Gasteiger partial charge on any atom is 0.416 e. The molecule has 172 valence electrons. The molecular weight excluding hydrogens is 439 g/mol. The van der Waals surface area contributed by atoms with Gasteiger partial charge in [0.25, 0.3) is 0 Å². The van der Waals surface area contributed by atoms with Crippen LogP contribution >= 0.6 is 11.3 Å². The summed E-state index contributed by atoms with van der Waals surface area (Å²) in [5, 5.41) is 10.8. The molecule has 10 heteroatoms. The highest BCUT2D eigenvalue weighted by atomic mass is 32.1. The third kappa shape index (κ3) is 8.29. The predicted octanol–water partition coefficient (Wildman–Crippen LogP) is 4.91. The van der Waals surface area contributed by atoms with Crippen LogP contribution < -0.4 is 16.0 Å². The van der Waals surface area contributed by atoms with Gasteiger partial charge >= 0.3 is 6.18 Å². The van der Waals surface area contributed by atoms with Gasteiger partial charge in [-0.2, -0.15) is 13.2 Å². The summed E-state index contributed by atoms with van der Waals surface area (Å²) < 4.78 is 38.3. The minimum Gasteiger partial charge on any atom is -0.332 e. The van der Waals surface area contributed by atoms with Gasteiger partial charge in [0.2, 0.25) is 6.41 Å². The van der Waals surface area contributed by atoms with Gasteiger partial charge in [-0.25, -0.2) is 4.98 Å². The van der Waals surface area contributed by atoms with Crippen LogP contribution in [-0.4, -0.2) is 50.5 Å². The third-order valence-electron chi connectivity index (χ3n) is 4.14. The molecule has 1 heterocycles. The molecule has 0 aliphatic heterocycles. The molecule has 0 fully saturated rings. The highest BCUT2D eigenvalue weighted by Gasteiger charge is 2.30. The Kier molecular flexibility index (Phi) is 9.63. The molecule has 0 aliphatic carbocycles. The smallest absolute Gasteiger partial charge is 0.332 e. The number of likely N-dealkylation sites (N-methyl/N-ethyl adjacent to an activating group) is 2. The van der Waals surface area contributed by atoms with E-state index < -0.39 is 11.7 Å². The van der Waals surface area contributed by atoms with Gasteiger partial charge in [0.05, 0.1) is 11.3 Å². The second-order valence-corrected chi connectivity index (χ2v) is 7.85. The number of anilines is 3. The molecule has 0 aliphatic rings. The number of carbonyl (C=O) groups excluding carboxylic acids is 1. The van der Waals surface area contributed by atoms with Crippen molar-refractivity contribution in [1.29, 1.82) is 0 Å². The summed E-state index contributed by atoms with van der Waals surface area (Å²) in [6, 6.07) is 12.1. The number of carbonyl (C=O) groups is 1. The van der Waals surface area contributed by atoms with Crippen molar-refractivity contribution >= 4 is 34.3 Å². The summed E-state index contributed by atoms with van der Waals surface area (Å²) in [7, 11) is 6.10. The summed E-state index contributed by atoms with van der Waals surface area (Å²) >= 11 is 1.28. The van der Waals surface area contributed by atoms with Crippen molar-refractivity contribution in [2.45, 2.75) is 6.18 Å². The van der Waals surface area contributed by atoms with Crippen molar-refractivity contribution in [3.8, 4) is 11.3 Å². The minimum absolute atomic E-state index is 0.312. The van der Waals surface area contributed by atoms with Crippen LogP contribution in [0, 0.1) is 0 Å². The molecule has 1 aromatic heterocycles. The van der Waals surface area contributed by atoms with Crippen molar-refractivity contribution in [2.75, 3.05) is 44.9 Å². The first-order chi connectivity index (χ1) is 15.2. The number of nitrogens with one attached hydrogen (secondary N) is 3. The van der Waals surface area contributed by atoms with E-state index in [4.69, 9.17) is 0 Å². The van der Waals surface area contributed by atoms with E-state index in [0.29, 0.717) is 28.6 Å². The Morgan fingerprint density at radius 1 is 1.09 bits per heavy atom. The lowest BCUT2D eigenvalue weighted by molar-refractivity contribution is -0.137. The van der Waals surface area contributed by atoms with Crippen molar-refractivity contribution < 1.29 is 18.0 Å². The van der Waals surface area contributed by atoms with Crippen molar-refractivity contribution in [3.05, 3.63) is 59.5 Å². The molecule has 2 aromatic carbocycles. The number of aromatic nitrogens is 1. The van der Waals surface area contributed by atoms with Crippen LogP contribution in [0.1, 0.15) is 5.56 Å². The summed E-state index contributed by atoms with van der Waals surface area (Å²) in [5.74, 6) is 0. The summed E-state index contributed by atoms with van der Waals surface area (Å²) in [4.78, 5) is 17.0. The normalized spacial score (nSPS) is 11.0. The van der Waals surface area contributed by atoms with Gasteiger partial charge in [-0.15, -0.1) is 11.3 Å². The van der Waals surface area contributed by atoms with Crippen LogP contribution in [0.5, 0.6) is 0 Å². The van der Waals surface area contributed by atoms with Crippen LogP contribution in [0.25, 0.3) is 11.3 Å². The number of hydrogen-bond donors (Lipinski definition) is 3. The lowest BCUT2D eigenvalue weighted by atomic mass is 10.1. The lowest BCUT2D eigenvalue weighted by Crippen LogP contribution is -2.23. The molecule has 0 spiro atoms. The SMILES string of the molecule is CNCCN(C)C.O=CNc1cccc(-c2csc(Nc3cccc(C(F)(F)F)c3)n2)c1. The molecule has 0 radical (unpaired) electrons. The van der Waals surface area contributed by atoms with E-state index in [-0.39, 0.29) is 0 Å². The Bertz CT molecular complexity index is 991. The van der Waals surface area contributed by atoms with E-state index in [1.165, 1.54) is 17.4 Å². The molecule has 3 rings (SSSR count). The molecule has 1 amide bonds. The number of hydrogen-bond acceptors (Lipinski definition) is 6. The first kappa shape index (κ1) is 25.3. The summed E-state index contributed by atoms with van der Waals surface area (Å²) in [6.45, 7) is 2.20. The standard InChI is InChI=1S/C17H12F3N3OS.C5H14N2/c18-17(19,20)12-4-2-6-14(8-12)22-16-23-15(9-25-16)11-3-1-5-13(7-11)21-10-24;1-6-4-5-7(2)3/h1-10H,(H,21,24)(H,22,23);6H,4-5H2,1-3H3. The molecule has 6 nitrogen and oxygen atoms in total. The fourth-order valence-electron chi connectivity index (χ4n) is 2.53. The average Bonchev–Trinajstić information content (AvgIpc) is 3.21. The highest BCUT2D eigenvalue weighted by Crippen LogP contribution is 2.33. The van der Waals surface area contributed by atoms with E-state index in [2.05, 4.69) is 39.9 Å². The number of alkyl halides is 3. The number of benzene rings is 2. The second-order valence-electron chi connectivity index (χ2n) is 6.99. The lowest BCUT2D eigenvalue weighted by Gasteiger charge is -2.09. The quantitative estimate of drug-likeness (QED) is 0.413. The molecule has 0 atom stereocenters. The molecule has 0 saturated carbocycles. The van der Waals surface area contributed by atoms with E-state index in [0.717, 1.165) is 30.8 Å². The van der Waals surface area contributed by atoms with Crippen LogP contribution in [0.2, 0.25) is 0 Å².